The van der Waals surface area contributed by atoms with Gasteiger partial charge in [-0.3, -0.25) is 4.79 Å². The van der Waals surface area contributed by atoms with Crippen LogP contribution in [0.25, 0.3) is 0 Å². The molecule has 3 amide bonds. The number of urea groups is 1. The van der Waals surface area contributed by atoms with Gasteiger partial charge in [-0.25, -0.2) is 4.79 Å². The van der Waals surface area contributed by atoms with Crippen LogP contribution in [-0.4, -0.2) is 54.5 Å². The first-order valence-electron chi connectivity index (χ1n) is 5.99. The number of nitrogens with one attached hydrogen (secondary N) is 1. The molecule has 1 rings (SSSR count). The predicted octanol–water partition coefficient (Wildman–Crippen LogP) is 0.660. The van der Waals surface area contributed by atoms with Crippen LogP contribution in [-0.2, 0) is 4.79 Å². The molecule has 0 aromatic carbocycles. The first-order chi connectivity index (χ1) is 7.69. The third-order valence-corrected chi connectivity index (χ3v) is 2.88. The lowest BCUT2D eigenvalue weighted by Gasteiger charge is -2.28. The van der Waals surface area contributed by atoms with Gasteiger partial charge in [0.15, 0.2) is 0 Å². The topological polar surface area (TPSA) is 52.7 Å². The third-order valence-electron chi connectivity index (χ3n) is 2.88. The molecule has 0 spiro atoms. The smallest absolute Gasteiger partial charge is 0.317 e. The summed E-state index contributed by atoms with van der Waals surface area (Å²) in [5.74, 6) is 0.128. The van der Waals surface area contributed by atoms with Crippen molar-refractivity contribution in [3.63, 3.8) is 0 Å². The fraction of sp³-hybridized carbons (Fsp3) is 0.818. The number of carbonyl (C=O) groups is 2. The standard InChI is InChI=1S/C11H21N3O2/c1-3-13(4-2)10(15)6-9-14-8-5-7-12-11(14)16/h3-9H2,1-2H3,(H,12,16). The van der Waals surface area contributed by atoms with Gasteiger partial charge in [0.25, 0.3) is 0 Å². The normalized spacial score (nSPS) is 15.9. The van der Waals surface area contributed by atoms with Crippen LogP contribution in [0.3, 0.4) is 0 Å². The Balaban J connectivity index is 2.32. The lowest BCUT2D eigenvalue weighted by atomic mass is 10.3. The lowest BCUT2D eigenvalue weighted by Crippen LogP contribution is -2.47. The molecule has 1 N–H and O–H groups in total. The maximum Gasteiger partial charge on any atom is 0.317 e. The highest BCUT2D eigenvalue weighted by molar-refractivity contribution is 5.78. The zero-order valence-electron chi connectivity index (χ0n) is 10.2. The van der Waals surface area contributed by atoms with Crippen LogP contribution in [0.1, 0.15) is 26.7 Å². The van der Waals surface area contributed by atoms with Crippen molar-refractivity contribution in [1.82, 2.24) is 15.1 Å². The van der Waals surface area contributed by atoms with E-state index in [9.17, 15) is 9.59 Å². The van der Waals surface area contributed by atoms with Gasteiger partial charge >= 0.3 is 6.03 Å². The molecule has 92 valence electrons. The Morgan fingerprint density at radius 3 is 2.69 bits per heavy atom. The molecule has 0 aromatic heterocycles. The predicted molar refractivity (Wildman–Crippen MR) is 62.1 cm³/mol. The van der Waals surface area contributed by atoms with E-state index in [1.807, 2.05) is 13.8 Å². The van der Waals surface area contributed by atoms with Gasteiger partial charge in [0, 0.05) is 39.1 Å². The summed E-state index contributed by atoms with van der Waals surface area (Å²) in [5, 5.41) is 2.78. The monoisotopic (exact) mass is 227 g/mol. The summed E-state index contributed by atoms with van der Waals surface area (Å²) in [6.07, 6.45) is 1.39. The Morgan fingerprint density at radius 1 is 1.44 bits per heavy atom. The highest BCUT2D eigenvalue weighted by atomic mass is 16.2. The first kappa shape index (κ1) is 12.8. The van der Waals surface area contributed by atoms with E-state index in [1.165, 1.54) is 0 Å². The molecule has 1 fully saturated rings. The van der Waals surface area contributed by atoms with Crippen molar-refractivity contribution in [3.05, 3.63) is 0 Å². The molecule has 0 bridgehead atoms. The Labute approximate surface area is 96.8 Å². The minimum atomic E-state index is -0.0430. The fourth-order valence-electron chi connectivity index (χ4n) is 1.86. The summed E-state index contributed by atoms with van der Waals surface area (Å²) in [6, 6.07) is -0.0430. The van der Waals surface area contributed by atoms with E-state index < -0.39 is 0 Å². The van der Waals surface area contributed by atoms with Crippen molar-refractivity contribution in [3.8, 4) is 0 Å². The minimum absolute atomic E-state index is 0.0430. The average molecular weight is 227 g/mol. The van der Waals surface area contributed by atoms with E-state index in [0.29, 0.717) is 13.0 Å². The molecule has 16 heavy (non-hydrogen) atoms. The van der Waals surface area contributed by atoms with Crippen LogP contribution in [0, 0.1) is 0 Å². The van der Waals surface area contributed by atoms with Crippen molar-refractivity contribution in [1.29, 1.82) is 0 Å². The van der Waals surface area contributed by atoms with E-state index in [-0.39, 0.29) is 11.9 Å². The Hall–Kier alpha value is -1.26. The van der Waals surface area contributed by atoms with Crippen LogP contribution in [0.4, 0.5) is 4.79 Å². The maximum absolute atomic E-state index is 11.7. The van der Waals surface area contributed by atoms with Crippen LogP contribution in [0.2, 0.25) is 0 Å². The largest absolute Gasteiger partial charge is 0.343 e. The molecule has 0 atom stereocenters. The molecule has 1 aliphatic heterocycles. The highest BCUT2D eigenvalue weighted by Crippen LogP contribution is 2.02. The average Bonchev–Trinajstić information content (AvgIpc) is 2.29. The molecule has 1 aliphatic rings. The van der Waals surface area contributed by atoms with Gasteiger partial charge in [-0.2, -0.15) is 0 Å². The number of hydrogen-bond acceptors (Lipinski definition) is 2. The zero-order valence-corrected chi connectivity index (χ0v) is 10.2. The summed E-state index contributed by atoms with van der Waals surface area (Å²) in [5.41, 5.74) is 0. The van der Waals surface area contributed by atoms with Gasteiger partial charge in [-0.15, -0.1) is 0 Å². The van der Waals surface area contributed by atoms with E-state index in [1.54, 1.807) is 9.80 Å². The van der Waals surface area contributed by atoms with E-state index in [4.69, 9.17) is 0 Å². The number of rotatable bonds is 5. The molecule has 0 radical (unpaired) electrons. The number of amides is 3. The highest BCUT2D eigenvalue weighted by Gasteiger charge is 2.19. The lowest BCUT2D eigenvalue weighted by molar-refractivity contribution is -0.131. The van der Waals surface area contributed by atoms with Gasteiger partial charge in [0.2, 0.25) is 5.91 Å². The molecule has 0 unspecified atom stereocenters. The van der Waals surface area contributed by atoms with Crippen molar-refractivity contribution in [2.24, 2.45) is 0 Å². The molecule has 1 heterocycles. The summed E-state index contributed by atoms with van der Waals surface area (Å²) < 4.78 is 0. The summed E-state index contributed by atoms with van der Waals surface area (Å²) in [6.45, 7) is 7.45. The van der Waals surface area contributed by atoms with Crippen LogP contribution in [0.15, 0.2) is 0 Å². The van der Waals surface area contributed by atoms with Crippen LogP contribution in [0.5, 0.6) is 0 Å². The molecular weight excluding hydrogens is 206 g/mol. The second-order valence-corrected chi connectivity index (χ2v) is 3.89. The fourth-order valence-corrected chi connectivity index (χ4v) is 1.86. The third kappa shape index (κ3) is 3.40. The summed E-state index contributed by atoms with van der Waals surface area (Å²) >= 11 is 0. The second-order valence-electron chi connectivity index (χ2n) is 3.89. The van der Waals surface area contributed by atoms with Gasteiger partial charge in [0.05, 0.1) is 0 Å². The van der Waals surface area contributed by atoms with E-state index >= 15 is 0 Å². The van der Waals surface area contributed by atoms with Crippen molar-refractivity contribution < 1.29 is 9.59 Å². The Bertz CT molecular complexity index is 252. The molecule has 1 saturated heterocycles. The zero-order chi connectivity index (χ0) is 12.0. The summed E-state index contributed by atoms with van der Waals surface area (Å²) in [7, 11) is 0. The van der Waals surface area contributed by atoms with Crippen LogP contribution >= 0.6 is 0 Å². The molecule has 0 saturated carbocycles. The SMILES string of the molecule is CCN(CC)C(=O)CCN1CCCNC1=O. The molecular formula is C11H21N3O2. The molecule has 5 heteroatoms. The Morgan fingerprint density at radius 2 is 2.12 bits per heavy atom. The van der Waals surface area contributed by atoms with Gasteiger partial charge in [-0.1, -0.05) is 0 Å². The van der Waals surface area contributed by atoms with Gasteiger partial charge in [0.1, 0.15) is 0 Å². The van der Waals surface area contributed by atoms with E-state index in [0.717, 1.165) is 32.6 Å². The van der Waals surface area contributed by atoms with Crippen molar-refractivity contribution in [2.75, 3.05) is 32.7 Å². The maximum atomic E-state index is 11.7. The van der Waals surface area contributed by atoms with E-state index in [2.05, 4.69) is 5.32 Å². The number of carbonyl (C=O) groups excluding carboxylic acids is 2. The van der Waals surface area contributed by atoms with Crippen molar-refractivity contribution in [2.45, 2.75) is 26.7 Å². The molecule has 0 aliphatic carbocycles. The number of hydrogen-bond donors (Lipinski definition) is 1. The molecule has 0 aromatic rings. The quantitative estimate of drug-likeness (QED) is 0.750. The second kappa shape index (κ2) is 6.35. The van der Waals surface area contributed by atoms with Crippen LogP contribution < -0.4 is 5.32 Å². The first-order valence-corrected chi connectivity index (χ1v) is 5.99. The molecule has 5 nitrogen and oxygen atoms in total. The number of nitrogens with zero attached hydrogens (tertiary/aromatic N) is 2. The van der Waals surface area contributed by atoms with Crippen molar-refractivity contribution >= 4 is 11.9 Å². The van der Waals surface area contributed by atoms with Gasteiger partial charge in [-0.05, 0) is 20.3 Å². The Kier molecular flexibility index (Phi) is 5.08. The summed E-state index contributed by atoms with van der Waals surface area (Å²) in [4.78, 5) is 26.6. The van der Waals surface area contributed by atoms with Gasteiger partial charge < -0.3 is 15.1 Å². The minimum Gasteiger partial charge on any atom is -0.343 e.